The molecule has 0 aliphatic carbocycles. The quantitative estimate of drug-likeness (QED) is 0.656. The number of aryl methyl sites for hydroxylation is 1. The molecule has 0 fully saturated rings. The minimum absolute atomic E-state index is 0.455. The maximum atomic E-state index is 11.1. The van der Waals surface area contributed by atoms with Gasteiger partial charge in [-0.05, 0) is 41.8 Å². The van der Waals surface area contributed by atoms with Crippen LogP contribution in [-0.4, -0.2) is 23.1 Å². The van der Waals surface area contributed by atoms with E-state index in [0.29, 0.717) is 21.7 Å². The summed E-state index contributed by atoms with van der Waals surface area (Å²) in [5.74, 6) is -0.570. The van der Waals surface area contributed by atoms with Crippen LogP contribution in [0.15, 0.2) is 42.5 Å². The highest BCUT2D eigenvalue weighted by Crippen LogP contribution is 2.24. The Bertz CT molecular complexity index is 710. The molecule has 0 aliphatic heterocycles. The number of rotatable bonds is 5. The Kier molecular flexibility index (Phi) is 4.90. The van der Waals surface area contributed by atoms with Crippen LogP contribution >= 0.6 is 12.2 Å². The molecule has 0 radical (unpaired) electrons. The zero-order chi connectivity index (χ0) is 16.3. The number of nitrogens with two attached hydrogens (primary N) is 1. The Morgan fingerprint density at radius 3 is 2.36 bits per heavy atom. The Labute approximate surface area is 134 Å². The number of thiocarbonyl (C=S) groups is 1. The number of hydrogen-bond donors (Lipinski definition) is 2. The molecule has 0 aromatic heterocycles. The van der Waals surface area contributed by atoms with Crippen LogP contribution in [0.4, 0.5) is 0 Å². The molecule has 0 spiro atoms. The van der Waals surface area contributed by atoms with E-state index in [4.69, 9.17) is 27.8 Å². The molecular formula is C17H17NO3S. The number of aliphatic carboxylic acids is 1. The van der Waals surface area contributed by atoms with Crippen molar-refractivity contribution in [1.82, 2.24) is 0 Å². The van der Waals surface area contributed by atoms with Gasteiger partial charge in [0, 0.05) is 0 Å². The van der Waals surface area contributed by atoms with Gasteiger partial charge in [0.15, 0.2) is 0 Å². The monoisotopic (exact) mass is 315 g/mol. The van der Waals surface area contributed by atoms with Crippen molar-refractivity contribution in [2.45, 2.75) is 13.0 Å². The molecule has 4 nitrogen and oxygen atoms in total. The average molecular weight is 315 g/mol. The molecule has 0 saturated carbocycles. The molecule has 1 atom stereocenters. The van der Waals surface area contributed by atoms with Crippen LogP contribution in [0.1, 0.15) is 28.3 Å². The summed E-state index contributed by atoms with van der Waals surface area (Å²) in [6.45, 7) is 2.00. The van der Waals surface area contributed by atoms with Crippen molar-refractivity contribution in [3.63, 3.8) is 0 Å². The van der Waals surface area contributed by atoms with Gasteiger partial charge in [0.25, 0.3) is 0 Å². The van der Waals surface area contributed by atoms with Crippen molar-refractivity contribution < 1.29 is 14.6 Å². The van der Waals surface area contributed by atoms with E-state index in [9.17, 15) is 4.79 Å². The van der Waals surface area contributed by atoms with Gasteiger partial charge in [0.2, 0.25) is 0 Å². The van der Waals surface area contributed by atoms with Crippen LogP contribution in [0.25, 0.3) is 0 Å². The summed E-state index contributed by atoms with van der Waals surface area (Å²) in [7, 11) is 1.52. The van der Waals surface area contributed by atoms with Crippen molar-refractivity contribution in [2.24, 2.45) is 5.73 Å². The molecule has 0 heterocycles. The minimum atomic E-state index is -1.12. The summed E-state index contributed by atoms with van der Waals surface area (Å²) < 4.78 is 5.22. The van der Waals surface area contributed by atoms with Crippen molar-refractivity contribution >= 4 is 23.1 Å². The maximum Gasteiger partial charge on any atom is 0.325 e. The third-order valence-corrected chi connectivity index (χ3v) is 3.84. The van der Waals surface area contributed by atoms with Gasteiger partial charge in [-0.2, -0.15) is 0 Å². The van der Waals surface area contributed by atoms with Crippen LogP contribution in [0, 0.1) is 6.92 Å². The number of carboxylic acids is 1. The predicted molar refractivity (Wildman–Crippen MR) is 89.5 cm³/mol. The normalized spacial score (nSPS) is 11.8. The molecule has 0 bridgehead atoms. The second kappa shape index (κ2) is 6.68. The Hall–Kier alpha value is -2.24. The van der Waals surface area contributed by atoms with Gasteiger partial charge in [-0.3, -0.25) is 4.79 Å². The number of benzene rings is 2. The van der Waals surface area contributed by atoms with Crippen LogP contribution < -0.4 is 10.5 Å². The number of ether oxygens (including phenoxy) is 1. The van der Waals surface area contributed by atoms with E-state index in [-0.39, 0.29) is 0 Å². The van der Waals surface area contributed by atoms with Crippen molar-refractivity contribution in [3.05, 3.63) is 64.7 Å². The highest BCUT2D eigenvalue weighted by Gasteiger charge is 2.17. The highest BCUT2D eigenvalue weighted by atomic mass is 32.1. The van der Waals surface area contributed by atoms with E-state index in [1.54, 1.807) is 18.2 Å². The molecule has 5 heteroatoms. The first-order valence-electron chi connectivity index (χ1n) is 6.71. The highest BCUT2D eigenvalue weighted by molar-refractivity contribution is 7.81. The Morgan fingerprint density at radius 2 is 1.82 bits per heavy atom. The number of carbonyl (C=O) groups is 1. The number of methoxy groups -OCH3 is 1. The van der Waals surface area contributed by atoms with Gasteiger partial charge in [-0.15, -0.1) is 0 Å². The fourth-order valence-corrected chi connectivity index (χ4v) is 2.32. The average Bonchev–Trinajstić information content (AvgIpc) is 2.53. The standard InChI is InChI=1S/C17H17NO3S/c1-10-3-5-11(6-4-10)16(22)13-7-12(15(18)17(19)20)8-14(9-13)21-2/h3-9,15H,18H2,1-2H3,(H,19,20). The zero-order valence-corrected chi connectivity index (χ0v) is 13.2. The van der Waals surface area contributed by atoms with E-state index in [1.807, 2.05) is 31.2 Å². The van der Waals surface area contributed by atoms with Crippen LogP contribution in [-0.2, 0) is 4.79 Å². The van der Waals surface area contributed by atoms with E-state index in [0.717, 1.165) is 11.1 Å². The summed E-state index contributed by atoms with van der Waals surface area (Å²) in [6.07, 6.45) is 0. The topological polar surface area (TPSA) is 72.5 Å². The lowest BCUT2D eigenvalue weighted by atomic mass is 9.98. The molecule has 2 rings (SSSR count). The van der Waals surface area contributed by atoms with E-state index in [1.165, 1.54) is 7.11 Å². The van der Waals surface area contributed by atoms with Gasteiger partial charge in [-0.1, -0.05) is 42.0 Å². The van der Waals surface area contributed by atoms with Crippen LogP contribution in [0.2, 0.25) is 0 Å². The zero-order valence-electron chi connectivity index (χ0n) is 12.4. The molecule has 0 saturated heterocycles. The van der Waals surface area contributed by atoms with Crippen molar-refractivity contribution in [2.75, 3.05) is 7.11 Å². The Morgan fingerprint density at radius 1 is 1.18 bits per heavy atom. The first-order valence-corrected chi connectivity index (χ1v) is 7.12. The fraction of sp³-hybridized carbons (Fsp3) is 0.176. The van der Waals surface area contributed by atoms with Crippen molar-refractivity contribution in [1.29, 1.82) is 0 Å². The van der Waals surface area contributed by atoms with Gasteiger partial charge in [0.1, 0.15) is 11.8 Å². The maximum absolute atomic E-state index is 11.1. The summed E-state index contributed by atoms with van der Waals surface area (Å²) in [4.78, 5) is 11.7. The van der Waals surface area contributed by atoms with Gasteiger partial charge < -0.3 is 15.6 Å². The molecule has 0 amide bonds. The van der Waals surface area contributed by atoms with Gasteiger partial charge >= 0.3 is 5.97 Å². The lowest BCUT2D eigenvalue weighted by molar-refractivity contribution is -0.138. The molecule has 1 unspecified atom stereocenters. The molecule has 22 heavy (non-hydrogen) atoms. The van der Waals surface area contributed by atoms with E-state index < -0.39 is 12.0 Å². The first-order chi connectivity index (χ1) is 10.4. The molecule has 114 valence electrons. The SMILES string of the molecule is COc1cc(C(=S)c2ccc(C)cc2)cc(C(N)C(=O)O)c1. The van der Waals surface area contributed by atoms with E-state index in [2.05, 4.69) is 0 Å². The predicted octanol–water partition coefficient (Wildman–Crippen LogP) is 2.85. The second-order valence-corrected chi connectivity index (χ2v) is 5.41. The van der Waals surface area contributed by atoms with Crippen LogP contribution in [0.3, 0.4) is 0 Å². The minimum Gasteiger partial charge on any atom is -0.497 e. The largest absolute Gasteiger partial charge is 0.497 e. The fourth-order valence-electron chi connectivity index (χ4n) is 2.06. The molecule has 0 aliphatic rings. The van der Waals surface area contributed by atoms with Gasteiger partial charge in [-0.25, -0.2) is 0 Å². The number of carboxylic acid groups (broad SMARTS) is 1. The molecule has 3 N–H and O–H groups in total. The lowest BCUT2D eigenvalue weighted by Crippen LogP contribution is -2.21. The molecule has 2 aromatic carbocycles. The summed E-state index contributed by atoms with van der Waals surface area (Å²) in [5, 5.41) is 9.08. The Balaban J connectivity index is 2.45. The molecular weight excluding hydrogens is 298 g/mol. The van der Waals surface area contributed by atoms with Gasteiger partial charge in [0.05, 0.1) is 12.0 Å². The summed E-state index contributed by atoms with van der Waals surface area (Å²) in [5.41, 5.74) is 8.89. The third-order valence-electron chi connectivity index (χ3n) is 3.37. The summed E-state index contributed by atoms with van der Waals surface area (Å²) >= 11 is 5.51. The number of hydrogen-bond acceptors (Lipinski definition) is 4. The lowest BCUT2D eigenvalue weighted by Gasteiger charge is -2.13. The molecule has 2 aromatic rings. The van der Waals surface area contributed by atoms with Crippen LogP contribution in [0.5, 0.6) is 5.75 Å². The van der Waals surface area contributed by atoms with E-state index >= 15 is 0 Å². The summed E-state index contributed by atoms with van der Waals surface area (Å²) in [6, 6.07) is 11.8. The smallest absolute Gasteiger partial charge is 0.325 e. The second-order valence-electron chi connectivity index (χ2n) is 5.01. The van der Waals surface area contributed by atoms with Crippen molar-refractivity contribution in [3.8, 4) is 5.75 Å². The third kappa shape index (κ3) is 3.50. The first kappa shape index (κ1) is 16.1.